The van der Waals surface area contributed by atoms with Crippen LogP contribution in [0.15, 0.2) is 6.07 Å². The number of nitrogens with zero attached hydrogens (tertiary/aromatic N) is 2. The van der Waals surface area contributed by atoms with Crippen LogP contribution >= 0.6 is 0 Å². The quantitative estimate of drug-likeness (QED) is 0.762. The minimum atomic E-state index is 0.447. The molecule has 1 aromatic heterocycles. The van der Waals surface area contributed by atoms with Crippen LogP contribution in [0.25, 0.3) is 0 Å². The van der Waals surface area contributed by atoms with Gasteiger partial charge in [0.15, 0.2) is 5.82 Å². The molecule has 0 aliphatic rings. The van der Waals surface area contributed by atoms with Crippen molar-refractivity contribution in [2.24, 2.45) is 5.92 Å². The molecule has 1 heterocycles. The van der Waals surface area contributed by atoms with E-state index in [1.54, 1.807) is 0 Å². The molecule has 1 aromatic rings. The molecule has 5 heteroatoms. The van der Waals surface area contributed by atoms with Crippen molar-refractivity contribution in [2.45, 2.75) is 27.4 Å². The molecule has 0 saturated carbocycles. The number of ether oxygens (including phenoxy) is 1. The van der Waals surface area contributed by atoms with Crippen LogP contribution in [-0.4, -0.2) is 30.2 Å². The SMILES string of the molecule is CCOCc1nc(NC)cc(NCC(C)C)n1. The highest BCUT2D eigenvalue weighted by atomic mass is 16.5. The van der Waals surface area contributed by atoms with Crippen LogP contribution in [0.2, 0.25) is 0 Å². The van der Waals surface area contributed by atoms with E-state index >= 15 is 0 Å². The van der Waals surface area contributed by atoms with Crippen LogP contribution < -0.4 is 10.6 Å². The molecule has 2 N–H and O–H groups in total. The molecule has 0 radical (unpaired) electrons. The minimum absolute atomic E-state index is 0.447. The van der Waals surface area contributed by atoms with Gasteiger partial charge in [-0.05, 0) is 12.8 Å². The van der Waals surface area contributed by atoms with Gasteiger partial charge in [0, 0.05) is 26.3 Å². The summed E-state index contributed by atoms with van der Waals surface area (Å²) in [6.45, 7) is 8.29. The molecule has 0 atom stereocenters. The fraction of sp³-hybridized carbons (Fsp3) is 0.667. The summed E-state index contributed by atoms with van der Waals surface area (Å²) < 4.78 is 5.32. The average molecular weight is 238 g/mol. The lowest BCUT2D eigenvalue weighted by Gasteiger charge is -2.11. The Morgan fingerprint density at radius 1 is 1.29 bits per heavy atom. The molecule has 0 unspecified atom stereocenters. The number of nitrogens with one attached hydrogen (secondary N) is 2. The second-order valence-corrected chi connectivity index (χ2v) is 4.22. The van der Waals surface area contributed by atoms with Gasteiger partial charge in [-0.25, -0.2) is 9.97 Å². The third-order valence-electron chi connectivity index (χ3n) is 2.16. The van der Waals surface area contributed by atoms with Crippen LogP contribution in [-0.2, 0) is 11.3 Å². The molecule has 0 aromatic carbocycles. The van der Waals surface area contributed by atoms with Crippen LogP contribution in [0.1, 0.15) is 26.6 Å². The number of rotatable bonds is 7. The first kappa shape index (κ1) is 13.7. The van der Waals surface area contributed by atoms with E-state index in [-0.39, 0.29) is 0 Å². The summed E-state index contributed by atoms with van der Waals surface area (Å²) >= 11 is 0. The van der Waals surface area contributed by atoms with Gasteiger partial charge in [0.05, 0.1) is 0 Å². The Morgan fingerprint density at radius 2 is 2.00 bits per heavy atom. The Bertz CT molecular complexity index is 341. The molecule has 0 aliphatic carbocycles. The van der Waals surface area contributed by atoms with Crippen molar-refractivity contribution in [3.8, 4) is 0 Å². The smallest absolute Gasteiger partial charge is 0.158 e. The molecular weight excluding hydrogens is 216 g/mol. The van der Waals surface area contributed by atoms with E-state index in [2.05, 4.69) is 34.4 Å². The molecule has 0 saturated heterocycles. The summed E-state index contributed by atoms with van der Waals surface area (Å²) in [6, 6.07) is 1.90. The fourth-order valence-electron chi connectivity index (χ4n) is 1.28. The first-order chi connectivity index (χ1) is 8.15. The first-order valence-corrected chi connectivity index (χ1v) is 6.03. The summed E-state index contributed by atoms with van der Waals surface area (Å²) in [4.78, 5) is 8.73. The summed E-state index contributed by atoms with van der Waals surface area (Å²) in [7, 11) is 1.85. The van der Waals surface area contributed by atoms with Gasteiger partial charge in [-0.1, -0.05) is 13.8 Å². The third kappa shape index (κ3) is 4.99. The highest BCUT2D eigenvalue weighted by molar-refractivity contribution is 5.47. The molecule has 5 nitrogen and oxygen atoms in total. The normalized spacial score (nSPS) is 10.6. The highest BCUT2D eigenvalue weighted by Gasteiger charge is 2.04. The number of hydrogen-bond donors (Lipinski definition) is 2. The minimum Gasteiger partial charge on any atom is -0.374 e. The van der Waals surface area contributed by atoms with Gasteiger partial charge in [-0.2, -0.15) is 0 Å². The van der Waals surface area contributed by atoms with Crippen molar-refractivity contribution in [1.29, 1.82) is 0 Å². The van der Waals surface area contributed by atoms with E-state index in [9.17, 15) is 0 Å². The topological polar surface area (TPSA) is 59.1 Å². The predicted molar refractivity (Wildman–Crippen MR) is 70.2 cm³/mol. The van der Waals surface area contributed by atoms with E-state index in [0.29, 0.717) is 25.0 Å². The lowest BCUT2D eigenvalue weighted by molar-refractivity contribution is 0.128. The Balaban J connectivity index is 2.73. The van der Waals surface area contributed by atoms with E-state index in [1.807, 2.05) is 20.0 Å². The standard InChI is InChI=1S/C12H22N4O/c1-5-17-8-12-15-10(13-4)6-11(16-12)14-7-9(2)3/h6,9H,5,7-8H2,1-4H3,(H2,13,14,15,16). The molecule has 0 fully saturated rings. The van der Waals surface area contributed by atoms with Crippen molar-refractivity contribution in [2.75, 3.05) is 30.8 Å². The Morgan fingerprint density at radius 3 is 2.59 bits per heavy atom. The zero-order valence-electron chi connectivity index (χ0n) is 11.1. The van der Waals surface area contributed by atoms with E-state index in [0.717, 1.165) is 18.2 Å². The molecule has 0 bridgehead atoms. The van der Waals surface area contributed by atoms with E-state index in [4.69, 9.17) is 4.74 Å². The van der Waals surface area contributed by atoms with Crippen molar-refractivity contribution < 1.29 is 4.74 Å². The van der Waals surface area contributed by atoms with Gasteiger partial charge in [0.1, 0.15) is 18.2 Å². The first-order valence-electron chi connectivity index (χ1n) is 6.03. The largest absolute Gasteiger partial charge is 0.374 e. The van der Waals surface area contributed by atoms with Crippen LogP contribution in [0.5, 0.6) is 0 Å². The lowest BCUT2D eigenvalue weighted by atomic mass is 10.2. The van der Waals surface area contributed by atoms with E-state index in [1.165, 1.54) is 0 Å². The zero-order valence-corrected chi connectivity index (χ0v) is 11.1. The number of hydrogen-bond acceptors (Lipinski definition) is 5. The fourth-order valence-corrected chi connectivity index (χ4v) is 1.28. The maximum atomic E-state index is 5.32. The molecule has 0 amide bonds. The van der Waals surface area contributed by atoms with Crippen LogP contribution in [0.4, 0.5) is 11.6 Å². The third-order valence-corrected chi connectivity index (χ3v) is 2.16. The van der Waals surface area contributed by atoms with Gasteiger partial charge in [0.2, 0.25) is 0 Å². The van der Waals surface area contributed by atoms with Gasteiger partial charge < -0.3 is 15.4 Å². The van der Waals surface area contributed by atoms with Crippen LogP contribution in [0, 0.1) is 5.92 Å². The lowest BCUT2D eigenvalue weighted by Crippen LogP contribution is -2.12. The average Bonchev–Trinajstić information content (AvgIpc) is 2.33. The number of aromatic nitrogens is 2. The maximum Gasteiger partial charge on any atom is 0.158 e. The zero-order chi connectivity index (χ0) is 12.7. The molecule has 1 rings (SSSR count). The van der Waals surface area contributed by atoms with Crippen LogP contribution in [0.3, 0.4) is 0 Å². The molecule has 0 spiro atoms. The maximum absolute atomic E-state index is 5.32. The summed E-state index contributed by atoms with van der Waals surface area (Å²) in [5, 5.41) is 6.31. The van der Waals surface area contributed by atoms with Gasteiger partial charge in [-0.3, -0.25) is 0 Å². The molecule has 17 heavy (non-hydrogen) atoms. The summed E-state index contributed by atoms with van der Waals surface area (Å²) in [6.07, 6.45) is 0. The predicted octanol–water partition coefficient (Wildman–Crippen LogP) is 2.12. The molecule has 96 valence electrons. The van der Waals surface area contributed by atoms with E-state index < -0.39 is 0 Å². The number of anilines is 2. The molecular formula is C12H22N4O. The second-order valence-electron chi connectivity index (χ2n) is 4.22. The van der Waals surface area contributed by atoms with Crippen molar-refractivity contribution in [3.63, 3.8) is 0 Å². The van der Waals surface area contributed by atoms with Crippen molar-refractivity contribution in [3.05, 3.63) is 11.9 Å². The monoisotopic (exact) mass is 238 g/mol. The van der Waals surface area contributed by atoms with Gasteiger partial charge in [0.25, 0.3) is 0 Å². The van der Waals surface area contributed by atoms with Gasteiger partial charge in [-0.15, -0.1) is 0 Å². The summed E-state index contributed by atoms with van der Waals surface area (Å²) in [5.74, 6) is 2.93. The Labute approximate surface area is 103 Å². The van der Waals surface area contributed by atoms with Gasteiger partial charge >= 0.3 is 0 Å². The van der Waals surface area contributed by atoms with Crippen molar-refractivity contribution in [1.82, 2.24) is 9.97 Å². The summed E-state index contributed by atoms with van der Waals surface area (Å²) in [5.41, 5.74) is 0. The molecule has 0 aliphatic heterocycles. The highest BCUT2D eigenvalue weighted by Crippen LogP contribution is 2.12. The van der Waals surface area contributed by atoms with Crippen molar-refractivity contribution >= 4 is 11.6 Å². The second kappa shape index (κ2) is 7.06. The Kier molecular flexibility index (Phi) is 5.69. The Hall–Kier alpha value is -1.36.